The molecule has 1 saturated carbocycles. The molecule has 1 fully saturated rings. The topological polar surface area (TPSA) is 81.0 Å². The molecule has 2 N–H and O–H groups in total. The molecule has 1 rings (SSSR count). The van der Waals surface area contributed by atoms with Crippen molar-refractivity contribution in [1.82, 2.24) is 0 Å². The fourth-order valence-corrected chi connectivity index (χ4v) is 3.09. The van der Waals surface area contributed by atoms with Crippen LogP contribution in [0.15, 0.2) is 0 Å². The second-order valence-electron chi connectivity index (χ2n) is 3.98. The van der Waals surface area contributed by atoms with Gasteiger partial charge in [-0.1, -0.05) is 6.42 Å². The van der Waals surface area contributed by atoms with Gasteiger partial charge in [-0.25, -0.2) is 0 Å². The minimum Gasteiger partial charge on any atom is -0.672 e. The fourth-order valence-electron chi connectivity index (χ4n) is 2.11. The summed E-state index contributed by atoms with van der Waals surface area (Å²) in [5, 5.41) is 0. The Kier molecular flexibility index (Phi) is 8.91. The van der Waals surface area contributed by atoms with E-state index in [1.807, 2.05) is 0 Å². The molecule has 1 aliphatic rings. The van der Waals surface area contributed by atoms with Crippen molar-refractivity contribution >= 4 is 18.5 Å². The number of rotatable bonds is 6. The second-order valence-corrected chi connectivity index (χ2v) is 6.88. The first-order valence-electron chi connectivity index (χ1n) is 5.25. The zero-order chi connectivity index (χ0) is 13.1. The van der Waals surface area contributed by atoms with Gasteiger partial charge in [-0.2, -0.15) is 0 Å². The van der Waals surface area contributed by atoms with E-state index < -0.39 is 25.0 Å². The summed E-state index contributed by atoms with van der Waals surface area (Å²) in [6.07, 6.45) is -0.284. The zero-order valence-electron chi connectivity index (χ0n) is 10.6. The van der Waals surface area contributed by atoms with Crippen molar-refractivity contribution in [2.75, 3.05) is 27.9 Å². The summed E-state index contributed by atoms with van der Waals surface area (Å²) in [4.78, 5) is 9.69. The van der Waals surface area contributed by atoms with E-state index >= 15 is 0 Å². The molecule has 5 atom stereocenters. The van der Waals surface area contributed by atoms with Crippen LogP contribution in [0.5, 0.6) is 0 Å². The molecule has 0 aliphatic heterocycles. The van der Waals surface area contributed by atoms with Crippen molar-refractivity contribution in [2.45, 2.75) is 24.7 Å². The summed E-state index contributed by atoms with van der Waals surface area (Å²) in [6, 6.07) is -0.406. The van der Waals surface area contributed by atoms with Crippen LogP contribution < -0.4 is 0 Å². The van der Waals surface area contributed by atoms with Crippen LogP contribution in [-0.2, 0) is 51.4 Å². The van der Waals surface area contributed by atoms with Crippen LogP contribution >= 0.6 is 6.72 Å². The third-order valence-corrected chi connectivity index (χ3v) is 4.56. The van der Waals surface area contributed by atoms with E-state index in [9.17, 15) is 4.89 Å². The van der Waals surface area contributed by atoms with Crippen molar-refractivity contribution in [3.63, 3.8) is 0 Å². The fraction of sp³-hybridized carbons (Fsp3) is 1.00. The van der Waals surface area contributed by atoms with Crippen molar-refractivity contribution in [2.24, 2.45) is 5.92 Å². The molecule has 0 saturated heterocycles. The van der Waals surface area contributed by atoms with Crippen LogP contribution in [0.1, 0.15) is 6.42 Å². The monoisotopic (exact) mass is 468 g/mol. The first-order valence-corrected chi connectivity index (χ1v) is 7.84. The van der Waals surface area contributed by atoms with Crippen molar-refractivity contribution in [1.29, 1.82) is 0 Å². The smallest absolute Gasteiger partial charge is 0.324 e. The van der Waals surface area contributed by atoms with Gasteiger partial charge < -0.3 is 29.1 Å². The molecular formula is C9H19NO5PSW-. The van der Waals surface area contributed by atoms with Gasteiger partial charge in [0.25, 0.3) is 0 Å². The van der Waals surface area contributed by atoms with Crippen LogP contribution in [0.25, 0.3) is 5.73 Å². The Balaban J connectivity index is 0.00000289. The molecule has 108 valence electrons. The summed E-state index contributed by atoms with van der Waals surface area (Å²) in [5.41, 5.74) is 7.89. The van der Waals surface area contributed by atoms with E-state index in [4.69, 9.17) is 36.1 Å². The van der Waals surface area contributed by atoms with Crippen molar-refractivity contribution < 1.29 is 44.5 Å². The van der Waals surface area contributed by atoms with E-state index in [1.54, 1.807) is 7.11 Å². The van der Waals surface area contributed by atoms with Crippen LogP contribution in [0.3, 0.4) is 0 Å². The van der Waals surface area contributed by atoms with E-state index in [1.165, 1.54) is 14.2 Å². The molecule has 0 spiro atoms. The average molecular weight is 468 g/mol. The van der Waals surface area contributed by atoms with Gasteiger partial charge in [-0.3, -0.25) is 0 Å². The van der Waals surface area contributed by atoms with Gasteiger partial charge in [0.05, 0.1) is 18.8 Å². The molecule has 0 radical (unpaired) electrons. The van der Waals surface area contributed by atoms with Gasteiger partial charge in [0, 0.05) is 48.3 Å². The maximum absolute atomic E-state index is 9.69. The quantitative estimate of drug-likeness (QED) is 0.593. The predicted octanol–water partition coefficient (Wildman–Crippen LogP) is 1.33. The third kappa shape index (κ3) is 4.89. The number of hydrogen-bond donors (Lipinski definition) is 1. The average Bonchev–Trinajstić information content (AvgIpc) is 2.55. The Morgan fingerprint density at radius 2 is 1.94 bits per heavy atom. The van der Waals surface area contributed by atoms with E-state index in [0.29, 0.717) is 13.0 Å². The van der Waals surface area contributed by atoms with E-state index in [2.05, 4.69) is 0 Å². The number of nitrogens with one attached hydrogen (secondary N) is 1. The maximum atomic E-state index is 9.69. The molecule has 0 amide bonds. The summed E-state index contributed by atoms with van der Waals surface area (Å²) in [6.45, 7) is -2.80. The Bertz CT molecular complexity index is 298. The minimum atomic E-state index is -3.25. The molecular weight excluding hydrogens is 449 g/mol. The van der Waals surface area contributed by atoms with Gasteiger partial charge in [0.2, 0.25) is 0 Å². The molecule has 0 aromatic rings. The number of ether oxygens (including phenoxy) is 2. The first-order chi connectivity index (χ1) is 7.95. The van der Waals surface area contributed by atoms with Gasteiger partial charge >= 0.3 is 6.72 Å². The molecule has 0 aromatic carbocycles. The molecule has 0 heterocycles. The molecule has 2 unspecified atom stereocenters. The zero-order valence-corrected chi connectivity index (χ0v) is 15.2. The summed E-state index contributed by atoms with van der Waals surface area (Å²) in [5.74, 6) is -0.0166. The molecule has 1 aliphatic carbocycles. The van der Waals surface area contributed by atoms with Crippen LogP contribution in [0.4, 0.5) is 0 Å². The SMILES string of the molecule is COC[C@H]1C[C@@H]([NH-])[C@@H](OC)C1OP(O)(=S)OC.[W]. The summed E-state index contributed by atoms with van der Waals surface area (Å²) in [7, 11) is 4.41. The molecule has 18 heavy (non-hydrogen) atoms. The molecule has 0 bridgehead atoms. The van der Waals surface area contributed by atoms with Gasteiger partial charge in [-0.15, -0.1) is 6.04 Å². The van der Waals surface area contributed by atoms with E-state index in [0.717, 1.165) is 0 Å². The number of hydrogen-bond acceptors (Lipinski definition) is 5. The van der Waals surface area contributed by atoms with Gasteiger partial charge in [0.15, 0.2) is 0 Å². The minimum absolute atomic E-state index is 0. The van der Waals surface area contributed by atoms with Crippen molar-refractivity contribution in [3.05, 3.63) is 5.73 Å². The second kappa shape index (κ2) is 8.40. The summed E-state index contributed by atoms with van der Waals surface area (Å²) < 4.78 is 20.5. The Hall–Kier alpha value is 1.10. The van der Waals surface area contributed by atoms with Crippen LogP contribution in [-0.4, -0.2) is 51.1 Å². The van der Waals surface area contributed by atoms with Crippen LogP contribution in [0, 0.1) is 5.92 Å². The summed E-state index contributed by atoms with van der Waals surface area (Å²) >= 11 is 4.82. The van der Waals surface area contributed by atoms with E-state index in [-0.39, 0.29) is 27.0 Å². The maximum Gasteiger partial charge on any atom is 0.324 e. The third-order valence-electron chi connectivity index (χ3n) is 2.88. The Morgan fingerprint density at radius 3 is 2.39 bits per heavy atom. The molecule has 0 aromatic heterocycles. The van der Waals surface area contributed by atoms with Crippen molar-refractivity contribution in [3.8, 4) is 0 Å². The normalized spacial score (nSPS) is 34.9. The standard InChI is InChI=1S/C9H19NO5PS.W/c1-12-5-6-4-7(10)9(13-2)8(6)15-16(11,17)14-3;/h6-10H,4-5H2,1-3H3,(H,11,17);/q-1;/t6-,7-,8?,9-,16?;/m1./s1. The number of methoxy groups -OCH3 is 2. The molecule has 9 heteroatoms. The molecule has 6 nitrogen and oxygen atoms in total. The van der Waals surface area contributed by atoms with Gasteiger partial charge in [0.1, 0.15) is 0 Å². The largest absolute Gasteiger partial charge is 0.672 e. The predicted molar refractivity (Wildman–Crippen MR) is 67.3 cm³/mol. The van der Waals surface area contributed by atoms with Gasteiger partial charge in [-0.05, 0) is 11.8 Å². The first kappa shape index (κ1) is 19.1. The van der Waals surface area contributed by atoms with Crippen LogP contribution in [0.2, 0.25) is 0 Å². The Labute approximate surface area is 127 Å². The Morgan fingerprint density at radius 1 is 1.33 bits per heavy atom.